The van der Waals surface area contributed by atoms with E-state index >= 15 is 0 Å². The predicted molar refractivity (Wildman–Crippen MR) is 63.5 cm³/mol. The molecule has 0 bridgehead atoms. The van der Waals surface area contributed by atoms with Crippen molar-refractivity contribution < 1.29 is 13.9 Å². The second kappa shape index (κ2) is 4.59. The van der Waals surface area contributed by atoms with E-state index in [1.165, 1.54) is 6.07 Å². The van der Waals surface area contributed by atoms with Crippen molar-refractivity contribution >= 4 is 28.5 Å². The lowest BCUT2D eigenvalue weighted by Gasteiger charge is -2.02. The van der Waals surface area contributed by atoms with Crippen LogP contribution in [0.2, 0.25) is 5.02 Å². The highest BCUT2D eigenvalue weighted by molar-refractivity contribution is 6.34. The van der Waals surface area contributed by atoms with Gasteiger partial charge in [-0.1, -0.05) is 23.7 Å². The Balaban J connectivity index is 2.64. The molecular weight excluding hydrogens is 244 g/mol. The van der Waals surface area contributed by atoms with Crippen LogP contribution < -0.4 is 5.63 Å². The number of halogens is 1. The summed E-state index contributed by atoms with van der Waals surface area (Å²) in [7, 11) is 0. The quantitative estimate of drug-likeness (QED) is 0.609. The number of hydrogen-bond donors (Lipinski definition) is 0. The van der Waals surface area contributed by atoms with E-state index in [2.05, 4.69) is 0 Å². The standard InChI is InChI=1S/C12H9ClO4/c1-2-16-11(14)8-6-7-4-3-5-9(13)10(7)17-12(8)15/h3-6H,2H2,1H3. The Kier molecular flexibility index (Phi) is 3.15. The Morgan fingerprint density at radius 3 is 2.94 bits per heavy atom. The smallest absolute Gasteiger partial charge is 0.351 e. The van der Waals surface area contributed by atoms with Crippen molar-refractivity contribution in [3.8, 4) is 0 Å². The zero-order valence-electron chi connectivity index (χ0n) is 9.03. The zero-order chi connectivity index (χ0) is 12.4. The summed E-state index contributed by atoms with van der Waals surface area (Å²) in [5.41, 5.74) is -0.599. The molecule has 2 rings (SSSR count). The van der Waals surface area contributed by atoms with Gasteiger partial charge < -0.3 is 9.15 Å². The van der Waals surface area contributed by atoms with Gasteiger partial charge in [0.2, 0.25) is 0 Å². The molecule has 0 saturated heterocycles. The number of ether oxygens (including phenoxy) is 1. The maximum Gasteiger partial charge on any atom is 0.351 e. The summed E-state index contributed by atoms with van der Waals surface area (Å²) < 4.78 is 9.76. The lowest BCUT2D eigenvalue weighted by Crippen LogP contribution is -2.16. The summed E-state index contributed by atoms with van der Waals surface area (Å²) in [6.07, 6.45) is 0. The zero-order valence-corrected chi connectivity index (χ0v) is 9.78. The molecule has 0 aliphatic heterocycles. The molecule has 0 spiro atoms. The van der Waals surface area contributed by atoms with Gasteiger partial charge in [0.1, 0.15) is 5.56 Å². The van der Waals surface area contributed by atoms with Crippen LogP contribution in [0.15, 0.2) is 33.5 Å². The van der Waals surface area contributed by atoms with E-state index in [9.17, 15) is 9.59 Å². The topological polar surface area (TPSA) is 56.5 Å². The molecule has 0 unspecified atom stereocenters. The Labute approximate surface area is 102 Å². The third kappa shape index (κ3) is 2.17. The Morgan fingerprint density at radius 1 is 1.47 bits per heavy atom. The molecular formula is C12H9ClO4. The van der Waals surface area contributed by atoms with Crippen LogP contribution in [0, 0.1) is 0 Å². The molecule has 1 heterocycles. The molecule has 0 saturated carbocycles. The molecule has 0 aliphatic carbocycles. The van der Waals surface area contributed by atoms with Crippen LogP contribution in [-0.2, 0) is 4.74 Å². The fraction of sp³-hybridized carbons (Fsp3) is 0.167. The molecule has 4 nitrogen and oxygen atoms in total. The summed E-state index contributed by atoms with van der Waals surface area (Å²) in [6, 6.07) is 6.44. The van der Waals surface area contributed by atoms with Gasteiger partial charge in [-0.05, 0) is 19.1 Å². The molecule has 17 heavy (non-hydrogen) atoms. The van der Waals surface area contributed by atoms with Crippen LogP contribution in [-0.4, -0.2) is 12.6 Å². The minimum absolute atomic E-state index is 0.124. The van der Waals surface area contributed by atoms with Gasteiger partial charge >= 0.3 is 11.6 Å². The summed E-state index contributed by atoms with van der Waals surface area (Å²) >= 11 is 5.87. The Morgan fingerprint density at radius 2 is 2.24 bits per heavy atom. The van der Waals surface area contributed by atoms with E-state index in [4.69, 9.17) is 20.8 Å². The molecule has 0 fully saturated rings. The SMILES string of the molecule is CCOC(=O)c1cc2cccc(Cl)c2oc1=O. The van der Waals surface area contributed by atoms with Gasteiger partial charge in [0.25, 0.3) is 0 Å². The van der Waals surface area contributed by atoms with Gasteiger partial charge in [0, 0.05) is 5.39 Å². The molecule has 1 aromatic heterocycles. The van der Waals surface area contributed by atoms with E-state index in [-0.39, 0.29) is 17.8 Å². The molecule has 5 heteroatoms. The van der Waals surface area contributed by atoms with Gasteiger partial charge in [-0.2, -0.15) is 0 Å². The third-order valence-corrected chi connectivity index (χ3v) is 2.50. The fourth-order valence-corrected chi connectivity index (χ4v) is 1.68. The van der Waals surface area contributed by atoms with Crippen LogP contribution in [0.1, 0.15) is 17.3 Å². The summed E-state index contributed by atoms with van der Waals surface area (Å²) in [5, 5.41) is 0.912. The Hall–Kier alpha value is -1.81. The van der Waals surface area contributed by atoms with Crippen LogP contribution in [0.4, 0.5) is 0 Å². The van der Waals surface area contributed by atoms with Crippen LogP contribution in [0.3, 0.4) is 0 Å². The number of para-hydroxylation sites is 1. The van der Waals surface area contributed by atoms with Crippen molar-refractivity contribution in [1.29, 1.82) is 0 Å². The van der Waals surface area contributed by atoms with Gasteiger partial charge in [0.15, 0.2) is 5.58 Å². The molecule has 0 atom stereocenters. The van der Waals surface area contributed by atoms with Gasteiger partial charge in [-0.3, -0.25) is 0 Å². The lowest BCUT2D eigenvalue weighted by atomic mass is 10.2. The summed E-state index contributed by atoms with van der Waals surface area (Å²) in [5.74, 6) is -0.692. The third-order valence-electron chi connectivity index (χ3n) is 2.21. The van der Waals surface area contributed by atoms with Crippen molar-refractivity contribution in [2.45, 2.75) is 6.92 Å². The first-order chi connectivity index (χ1) is 8.13. The molecule has 1 aromatic carbocycles. The highest BCUT2D eigenvalue weighted by Gasteiger charge is 2.15. The van der Waals surface area contributed by atoms with Crippen molar-refractivity contribution in [2.24, 2.45) is 0 Å². The average Bonchev–Trinajstić information content (AvgIpc) is 2.30. The first-order valence-electron chi connectivity index (χ1n) is 5.03. The van der Waals surface area contributed by atoms with Crippen molar-refractivity contribution in [3.05, 3.63) is 45.3 Å². The minimum atomic E-state index is -0.746. The van der Waals surface area contributed by atoms with Gasteiger partial charge in [-0.25, -0.2) is 9.59 Å². The number of carbonyl (C=O) groups is 1. The largest absolute Gasteiger partial charge is 0.462 e. The number of rotatable bonds is 2. The number of esters is 1. The van der Waals surface area contributed by atoms with E-state index in [1.54, 1.807) is 25.1 Å². The summed E-state index contributed by atoms with van der Waals surface area (Å²) in [4.78, 5) is 23.1. The van der Waals surface area contributed by atoms with Crippen molar-refractivity contribution in [1.82, 2.24) is 0 Å². The average molecular weight is 253 g/mol. The van der Waals surface area contributed by atoms with Gasteiger partial charge in [-0.15, -0.1) is 0 Å². The molecule has 0 aliphatic rings. The minimum Gasteiger partial charge on any atom is -0.462 e. The molecule has 88 valence electrons. The van der Waals surface area contributed by atoms with Crippen LogP contribution >= 0.6 is 11.6 Å². The summed E-state index contributed by atoms with van der Waals surface area (Å²) in [6.45, 7) is 1.86. The normalized spacial score (nSPS) is 10.5. The van der Waals surface area contributed by atoms with E-state index < -0.39 is 11.6 Å². The second-order valence-corrected chi connectivity index (χ2v) is 3.73. The maximum absolute atomic E-state index is 11.6. The Bertz CT molecular complexity index is 630. The number of benzene rings is 1. The molecule has 0 radical (unpaired) electrons. The molecule has 2 aromatic rings. The number of carbonyl (C=O) groups excluding carboxylic acids is 1. The van der Waals surface area contributed by atoms with E-state index in [1.807, 2.05) is 0 Å². The second-order valence-electron chi connectivity index (χ2n) is 3.33. The van der Waals surface area contributed by atoms with E-state index in [0.717, 1.165) is 0 Å². The highest BCUT2D eigenvalue weighted by Crippen LogP contribution is 2.22. The first-order valence-corrected chi connectivity index (χ1v) is 5.40. The molecule has 0 amide bonds. The predicted octanol–water partition coefficient (Wildman–Crippen LogP) is 2.62. The van der Waals surface area contributed by atoms with Gasteiger partial charge in [0.05, 0.1) is 11.6 Å². The number of hydrogen-bond acceptors (Lipinski definition) is 4. The monoisotopic (exact) mass is 252 g/mol. The van der Waals surface area contributed by atoms with E-state index in [0.29, 0.717) is 10.4 Å². The number of fused-ring (bicyclic) bond motifs is 1. The fourth-order valence-electron chi connectivity index (χ4n) is 1.46. The maximum atomic E-state index is 11.6. The lowest BCUT2D eigenvalue weighted by molar-refractivity contribution is 0.0522. The van der Waals surface area contributed by atoms with Crippen LogP contribution in [0.25, 0.3) is 11.0 Å². The highest BCUT2D eigenvalue weighted by atomic mass is 35.5. The van der Waals surface area contributed by atoms with Crippen LogP contribution in [0.5, 0.6) is 0 Å². The molecule has 0 N–H and O–H groups in total. The van der Waals surface area contributed by atoms with Crippen molar-refractivity contribution in [3.63, 3.8) is 0 Å². The first kappa shape index (κ1) is 11.7. The van der Waals surface area contributed by atoms with Crippen molar-refractivity contribution in [2.75, 3.05) is 6.61 Å².